The van der Waals surface area contributed by atoms with E-state index in [0.29, 0.717) is 13.2 Å². The van der Waals surface area contributed by atoms with Gasteiger partial charge < -0.3 is 20.1 Å². The summed E-state index contributed by atoms with van der Waals surface area (Å²) in [4.78, 5) is 4.63. The van der Waals surface area contributed by atoms with E-state index in [1.54, 1.807) is 7.11 Å². The second kappa shape index (κ2) is 15.0. The lowest BCUT2D eigenvalue weighted by Crippen LogP contribution is -2.38. The number of unbranched alkanes of at least 4 members (excludes halogenated alkanes) is 1. The van der Waals surface area contributed by atoms with E-state index >= 15 is 0 Å². The standard InChI is InChI=1S/C19H33N3O2/c1-3-20-19(21-13-7-8-15-24-17-16-23-2)22-14-9-12-18-10-5-4-6-11-18/h4-6,10-11H,3,7-9,12-17H2,1-2H3,(H2,20,21,22). The average Bonchev–Trinajstić information content (AvgIpc) is 2.61. The molecule has 0 aliphatic rings. The van der Waals surface area contributed by atoms with Crippen molar-refractivity contribution in [1.82, 2.24) is 10.6 Å². The monoisotopic (exact) mass is 335 g/mol. The molecule has 0 radical (unpaired) electrons. The third-order valence-electron chi connectivity index (χ3n) is 3.52. The van der Waals surface area contributed by atoms with Crippen LogP contribution in [0.4, 0.5) is 0 Å². The molecule has 2 N–H and O–H groups in total. The Hall–Kier alpha value is -1.59. The fourth-order valence-electron chi connectivity index (χ4n) is 2.24. The fourth-order valence-corrected chi connectivity index (χ4v) is 2.24. The lowest BCUT2D eigenvalue weighted by molar-refractivity contribution is 0.0689. The third-order valence-corrected chi connectivity index (χ3v) is 3.52. The first-order valence-electron chi connectivity index (χ1n) is 8.99. The number of benzene rings is 1. The predicted octanol–water partition coefficient (Wildman–Crippen LogP) is 2.62. The van der Waals surface area contributed by atoms with E-state index in [0.717, 1.165) is 57.9 Å². The Labute approximate surface area is 146 Å². The van der Waals surface area contributed by atoms with Crippen molar-refractivity contribution in [1.29, 1.82) is 0 Å². The van der Waals surface area contributed by atoms with Crippen molar-refractivity contribution in [2.75, 3.05) is 46.6 Å². The zero-order valence-corrected chi connectivity index (χ0v) is 15.2. The summed E-state index contributed by atoms with van der Waals surface area (Å²) in [6, 6.07) is 10.6. The van der Waals surface area contributed by atoms with Crippen LogP contribution < -0.4 is 10.6 Å². The van der Waals surface area contributed by atoms with Gasteiger partial charge in [0.25, 0.3) is 0 Å². The molecule has 0 saturated heterocycles. The van der Waals surface area contributed by atoms with E-state index in [-0.39, 0.29) is 0 Å². The minimum Gasteiger partial charge on any atom is -0.382 e. The number of methoxy groups -OCH3 is 1. The summed E-state index contributed by atoms with van der Waals surface area (Å²) in [5.74, 6) is 0.908. The minimum absolute atomic E-state index is 0.665. The SMILES string of the molecule is CCNC(=NCCCc1ccccc1)NCCCCOCCOC. The van der Waals surface area contributed by atoms with Gasteiger partial charge in [0.15, 0.2) is 5.96 Å². The number of ether oxygens (including phenoxy) is 2. The lowest BCUT2D eigenvalue weighted by atomic mass is 10.1. The maximum atomic E-state index is 5.45. The van der Waals surface area contributed by atoms with E-state index in [2.05, 4.69) is 52.9 Å². The molecule has 0 fully saturated rings. The molecule has 0 aromatic heterocycles. The molecule has 0 bridgehead atoms. The molecular weight excluding hydrogens is 302 g/mol. The number of guanidine groups is 1. The highest BCUT2D eigenvalue weighted by Crippen LogP contribution is 2.02. The molecule has 24 heavy (non-hydrogen) atoms. The molecule has 0 saturated carbocycles. The van der Waals surface area contributed by atoms with Crippen LogP contribution in [0.5, 0.6) is 0 Å². The summed E-state index contributed by atoms with van der Waals surface area (Å²) < 4.78 is 10.4. The van der Waals surface area contributed by atoms with Crippen LogP contribution in [-0.4, -0.2) is 52.5 Å². The third kappa shape index (κ3) is 11.0. The normalized spacial score (nSPS) is 11.5. The van der Waals surface area contributed by atoms with Crippen LogP contribution in [-0.2, 0) is 15.9 Å². The van der Waals surface area contributed by atoms with E-state index in [1.165, 1.54) is 5.56 Å². The van der Waals surface area contributed by atoms with Crippen molar-refractivity contribution in [3.63, 3.8) is 0 Å². The number of aryl methyl sites for hydroxylation is 1. The van der Waals surface area contributed by atoms with Crippen molar-refractivity contribution in [2.45, 2.75) is 32.6 Å². The summed E-state index contributed by atoms with van der Waals surface area (Å²) in [5, 5.41) is 6.67. The van der Waals surface area contributed by atoms with Gasteiger partial charge in [-0.05, 0) is 38.2 Å². The first kappa shape index (κ1) is 20.5. The summed E-state index contributed by atoms with van der Waals surface area (Å²) in [6.07, 6.45) is 4.25. The largest absolute Gasteiger partial charge is 0.382 e. The van der Waals surface area contributed by atoms with Crippen molar-refractivity contribution in [3.05, 3.63) is 35.9 Å². The molecule has 0 spiro atoms. The number of rotatable bonds is 13. The Morgan fingerprint density at radius 2 is 1.83 bits per heavy atom. The molecule has 5 heteroatoms. The predicted molar refractivity (Wildman–Crippen MR) is 101 cm³/mol. The number of hydrogen-bond acceptors (Lipinski definition) is 3. The fraction of sp³-hybridized carbons (Fsp3) is 0.632. The molecule has 0 aliphatic carbocycles. The lowest BCUT2D eigenvalue weighted by Gasteiger charge is -2.11. The average molecular weight is 335 g/mol. The molecule has 0 atom stereocenters. The van der Waals surface area contributed by atoms with Crippen molar-refractivity contribution in [2.24, 2.45) is 4.99 Å². The molecule has 0 heterocycles. The van der Waals surface area contributed by atoms with Crippen LogP contribution >= 0.6 is 0 Å². The van der Waals surface area contributed by atoms with Crippen LogP contribution in [0.25, 0.3) is 0 Å². The van der Waals surface area contributed by atoms with E-state index in [1.807, 2.05) is 0 Å². The summed E-state index contributed by atoms with van der Waals surface area (Å²) >= 11 is 0. The van der Waals surface area contributed by atoms with Gasteiger partial charge in [0, 0.05) is 33.4 Å². The highest BCUT2D eigenvalue weighted by Gasteiger charge is 1.97. The first-order chi connectivity index (χ1) is 11.9. The van der Waals surface area contributed by atoms with Gasteiger partial charge in [0.05, 0.1) is 13.2 Å². The van der Waals surface area contributed by atoms with Crippen molar-refractivity contribution >= 4 is 5.96 Å². The van der Waals surface area contributed by atoms with E-state index in [4.69, 9.17) is 9.47 Å². The summed E-state index contributed by atoms with van der Waals surface area (Å²) in [5.41, 5.74) is 1.37. The van der Waals surface area contributed by atoms with Gasteiger partial charge in [-0.1, -0.05) is 30.3 Å². The van der Waals surface area contributed by atoms with Crippen LogP contribution in [0.3, 0.4) is 0 Å². The zero-order valence-electron chi connectivity index (χ0n) is 15.2. The Kier molecular flexibility index (Phi) is 12.8. The second-order valence-electron chi connectivity index (χ2n) is 5.59. The molecule has 1 aromatic carbocycles. The number of nitrogens with zero attached hydrogens (tertiary/aromatic N) is 1. The van der Waals surface area contributed by atoms with Crippen LogP contribution in [0, 0.1) is 0 Å². The molecule has 5 nitrogen and oxygen atoms in total. The highest BCUT2D eigenvalue weighted by atomic mass is 16.5. The Bertz CT molecular complexity index is 424. The van der Waals surface area contributed by atoms with E-state index < -0.39 is 0 Å². The number of nitrogens with one attached hydrogen (secondary N) is 2. The molecule has 0 amide bonds. The zero-order chi connectivity index (χ0) is 17.3. The Morgan fingerprint density at radius 1 is 1.00 bits per heavy atom. The first-order valence-corrected chi connectivity index (χ1v) is 8.99. The van der Waals surface area contributed by atoms with Gasteiger partial charge in [-0.3, -0.25) is 4.99 Å². The number of aliphatic imine (C=N–C) groups is 1. The maximum absolute atomic E-state index is 5.45. The van der Waals surface area contributed by atoms with Gasteiger partial charge in [0.1, 0.15) is 0 Å². The van der Waals surface area contributed by atoms with Gasteiger partial charge in [-0.25, -0.2) is 0 Å². The van der Waals surface area contributed by atoms with Crippen LogP contribution in [0.15, 0.2) is 35.3 Å². The highest BCUT2D eigenvalue weighted by molar-refractivity contribution is 5.79. The summed E-state index contributed by atoms with van der Waals surface area (Å²) in [6.45, 7) is 6.85. The Morgan fingerprint density at radius 3 is 2.58 bits per heavy atom. The molecule has 136 valence electrons. The van der Waals surface area contributed by atoms with E-state index in [9.17, 15) is 0 Å². The molecule has 0 aliphatic heterocycles. The maximum Gasteiger partial charge on any atom is 0.191 e. The number of hydrogen-bond donors (Lipinski definition) is 2. The summed E-state index contributed by atoms with van der Waals surface area (Å²) in [7, 11) is 1.69. The van der Waals surface area contributed by atoms with Crippen molar-refractivity contribution in [3.8, 4) is 0 Å². The van der Waals surface area contributed by atoms with Gasteiger partial charge in [-0.15, -0.1) is 0 Å². The van der Waals surface area contributed by atoms with Crippen LogP contribution in [0.2, 0.25) is 0 Å². The van der Waals surface area contributed by atoms with Gasteiger partial charge in [0.2, 0.25) is 0 Å². The van der Waals surface area contributed by atoms with Crippen molar-refractivity contribution < 1.29 is 9.47 Å². The molecule has 0 unspecified atom stereocenters. The van der Waals surface area contributed by atoms with Gasteiger partial charge in [-0.2, -0.15) is 0 Å². The van der Waals surface area contributed by atoms with Gasteiger partial charge >= 0.3 is 0 Å². The van der Waals surface area contributed by atoms with Crippen LogP contribution in [0.1, 0.15) is 31.7 Å². The topological polar surface area (TPSA) is 54.9 Å². The quantitative estimate of drug-likeness (QED) is 0.330. The molecular formula is C19H33N3O2. The molecule has 1 aromatic rings. The second-order valence-corrected chi connectivity index (χ2v) is 5.59. The minimum atomic E-state index is 0.665. The smallest absolute Gasteiger partial charge is 0.191 e. The molecule has 1 rings (SSSR count). The Balaban J connectivity index is 2.11.